The number of rotatable bonds is 6. The summed E-state index contributed by atoms with van der Waals surface area (Å²) in [6.07, 6.45) is 5.50. The van der Waals surface area contributed by atoms with Crippen molar-refractivity contribution in [1.29, 1.82) is 0 Å². The summed E-state index contributed by atoms with van der Waals surface area (Å²) in [5.74, 6) is 2.31. The van der Waals surface area contributed by atoms with E-state index in [1.54, 1.807) is 31.3 Å². The average molecular weight is 290 g/mol. The fraction of sp³-hybridized carbons (Fsp3) is 0.267. The molecule has 2 aromatic rings. The number of nitrogens with one attached hydrogen (secondary N) is 1. The van der Waals surface area contributed by atoms with Crippen molar-refractivity contribution < 1.29 is 9.47 Å². The molecule has 0 fully saturated rings. The Morgan fingerprint density at radius 3 is 2.80 bits per heavy atom. The normalized spacial score (nSPS) is 10.3. The summed E-state index contributed by atoms with van der Waals surface area (Å²) < 4.78 is 11.3. The van der Waals surface area contributed by atoms with E-state index in [0.717, 1.165) is 34.3 Å². The van der Waals surface area contributed by atoms with Crippen LogP contribution in [0, 0.1) is 0 Å². The second kappa shape index (κ2) is 7.17. The first-order valence-corrected chi connectivity index (χ1v) is 7.48. The number of pyridine rings is 1. The minimum atomic E-state index is 0.734. The molecule has 0 atom stereocenters. The number of aromatic nitrogens is 1. The van der Waals surface area contributed by atoms with Crippen LogP contribution in [0.3, 0.4) is 0 Å². The molecule has 0 saturated carbocycles. The van der Waals surface area contributed by atoms with E-state index in [-0.39, 0.29) is 0 Å². The van der Waals surface area contributed by atoms with Gasteiger partial charge in [-0.25, -0.2) is 0 Å². The van der Waals surface area contributed by atoms with Crippen LogP contribution in [-0.2, 0) is 6.54 Å². The SMILES string of the molecule is CNCc1ccncc1Oc1ccc(SC)c(OC)c1. The maximum atomic E-state index is 5.91. The molecule has 1 aromatic carbocycles. The van der Waals surface area contributed by atoms with E-state index in [4.69, 9.17) is 9.47 Å². The highest BCUT2D eigenvalue weighted by molar-refractivity contribution is 7.98. The van der Waals surface area contributed by atoms with Crippen LogP contribution in [0.15, 0.2) is 41.6 Å². The number of ether oxygens (including phenoxy) is 2. The first-order valence-electron chi connectivity index (χ1n) is 6.26. The van der Waals surface area contributed by atoms with Crippen LogP contribution in [0.25, 0.3) is 0 Å². The van der Waals surface area contributed by atoms with Gasteiger partial charge in [0, 0.05) is 29.3 Å². The number of thioether (sulfide) groups is 1. The third-order valence-corrected chi connectivity index (χ3v) is 3.60. The van der Waals surface area contributed by atoms with Crippen LogP contribution < -0.4 is 14.8 Å². The molecular formula is C15H18N2O2S. The van der Waals surface area contributed by atoms with Crippen molar-refractivity contribution in [3.63, 3.8) is 0 Å². The van der Waals surface area contributed by atoms with Crippen molar-refractivity contribution in [3.05, 3.63) is 42.2 Å². The first-order chi connectivity index (χ1) is 9.78. The third-order valence-electron chi connectivity index (χ3n) is 2.82. The molecule has 0 unspecified atom stereocenters. The molecule has 0 aliphatic heterocycles. The van der Waals surface area contributed by atoms with Gasteiger partial charge in [-0.2, -0.15) is 0 Å². The second-order valence-corrected chi connectivity index (χ2v) is 4.98. The summed E-state index contributed by atoms with van der Waals surface area (Å²) in [6, 6.07) is 7.76. The highest BCUT2D eigenvalue weighted by Gasteiger charge is 2.08. The van der Waals surface area contributed by atoms with E-state index in [0.29, 0.717) is 0 Å². The summed E-state index contributed by atoms with van der Waals surface area (Å²) in [6.45, 7) is 0.734. The number of hydrogen-bond donors (Lipinski definition) is 1. The van der Waals surface area contributed by atoms with Gasteiger partial charge in [0.25, 0.3) is 0 Å². The maximum Gasteiger partial charge on any atom is 0.150 e. The monoisotopic (exact) mass is 290 g/mol. The molecule has 1 heterocycles. The Labute approximate surface area is 123 Å². The van der Waals surface area contributed by atoms with Gasteiger partial charge in [-0.15, -0.1) is 11.8 Å². The first kappa shape index (κ1) is 14.7. The van der Waals surface area contributed by atoms with Gasteiger partial charge in [0.1, 0.15) is 17.2 Å². The minimum Gasteiger partial charge on any atom is -0.495 e. The lowest BCUT2D eigenvalue weighted by Crippen LogP contribution is -2.06. The highest BCUT2D eigenvalue weighted by Crippen LogP contribution is 2.33. The van der Waals surface area contributed by atoms with Crippen LogP contribution >= 0.6 is 11.8 Å². The van der Waals surface area contributed by atoms with Crippen LogP contribution in [-0.4, -0.2) is 25.4 Å². The molecule has 20 heavy (non-hydrogen) atoms. The highest BCUT2D eigenvalue weighted by atomic mass is 32.2. The van der Waals surface area contributed by atoms with Gasteiger partial charge in [0.15, 0.2) is 0 Å². The van der Waals surface area contributed by atoms with E-state index >= 15 is 0 Å². The fourth-order valence-electron chi connectivity index (χ4n) is 1.84. The second-order valence-electron chi connectivity index (χ2n) is 4.13. The van der Waals surface area contributed by atoms with Crippen LogP contribution in [0.2, 0.25) is 0 Å². The average Bonchev–Trinajstić information content (AvgIpc) is 2.49. The van der Waals surface area contributed by atoms with Gasteiger partial charge in [-0.1, -0.05) is 0 Å². The Kier molecular flexibility index (Phi) is 5.26. The van der Waals surface area contributed by atoms with E-state index in [9.17, 15) is 0 Å². The molecule has 106 valence electrons. The molecule has 5 heteroatoms. The zero-order valence-corrected chi connectivity index (χ0v) is 12.7. The van der Waals surface area contributed by atoms with Gasteiger partial charge in [0.05, 0.1) is 13.3 Å². The summed E-state index contributed by atoms with van der Waals surface area (Å²) in [5.41, 5.74) is 1.07. The van der Waals surface area contributed by atoms with Crippen molar-refractivity contribution in [2.75, 3.05) is 20.4 Å². The number of methoxy groups -OCH3 is 1. The topological polar surface area (TPSA) is 43.4 Å². The molecule has 2 rings (SSSR count). The van der Waals surface area contributed by atoms with Gasteiger partial charge in [-0.05, 0) is 31.5 Å². The lowest BCUT2D eigenvalue weighted by Gasteiger charge is -2.12. The Bertz CT molecular complexity index is 576. The molecule has 0 spiro atoms. The standard InChI is InChI=1S/C15H18N2O2S/c1-16-9-11-6-7-17-10-14(11)19-12-4-5-15(20-3)13(8-12)18-2/h4-8,10,16H,9H2,1-3H3. The number of nitrogens with zero attached hydrogens (tertiary/aromatic N) is 1. The molecule has 1 aromatic heterocycles. The molecule has 4 nitrogen and oxygen atoms in total. The predicted octanol–water partition coefficient (Wildman–Crippen LogP) is 3.32. The fourth-order valence-corrected chi connectivity index (χ4v) is 2.39. The molecule has 0 aliphatic rings. The maximum absolute atomic E-state index is 5.91. The minimum absolute atomic E-state index is 0.734. The van der Waals surface area contributed by atoms with Gasteiger partial charge in [0.2, 0.25) is 0 Å². The lowest BCUT2D eigenvalue weighted by molar-refractivity contribution is 0.398. The Hall–Kier alpha value is -1.72. The predicted molar refractivity (Wildman–Crippen MR) is 81.8 cm³/mol. The van der Waals surface area contributed by atoms with Crippen molar-refractivity contribution in [2.24, 2.45) is 0 Å². The van der Waals surface area contributed by atoms with Gasteiger partial charge < -0.3 is 14.8 Å². The van der Waals surface area contributed by atoms with Gasteiger partial charge in [-0.3, -0.25) is 4.98 Å². The van der Waals surface area contributed by atoms with Crippen LogP contribution in [0.4, 0.5) is 0 Å². The van der Waals surface area contributed by atoms with Crippen LogP contribution in [0.5, 0.6) is 17.2 Å². The Morgan fingerprint density at radius 1 is 1.25 bits per heavy atom. The molecule has 0 radical (unpaired) electrons. The van der Waals surface area contributed by atoms with Crippen molar-refractivity contribution >= 4 is 11.8 Å². The van der Waals surface area contributed by atoms with E-state index in [1.165, 1.54) is 0 Å². The van der Waals surface area contributed by atoms with Crippen molar-refractivity contribution in [3.8, 4) is 17.2 Å². The molecule has 0 aliphatic carbocycles. The smallest absolute Gasteiger partial charge is 0.150 e. The summed E-state index contributed by atoms with van der Waals surface area (Å²) in [5, 5.41) is 3.12. The quantitative estimate of drug-likeness (QED) is 0.827. The molecule has 1 N–H and O–H groups in total. The third kappa shape index (κ3) is 3.43. The van der Waals surface area contributed by atoms with E-state index < -0.39 is 0 Å². The van der Waals surface area contributed by atoms with Crippen LogP contribution in [0.1, 0.15) is 5.56 Å². The van der Waals surface area contributed by atoms with E-state index in [2.05, 4.69) is 10.3 Å². The summed E-state index contributed by atoms with van der Waals surface area (Å²) in [7, 11) is 3.57. The largest absolute Gasteiger partial charge is 0.495 e. The summed E-state index contributed by atoms with van der Waals surface area (Å²) in [4.78, 5) is 5.20. The number of benzene rings is 1. The zero-order valence-electron chi connectivity index (χ0n) is 11.8. The Balaban J connectivity index is 2.26. The zero-order chi connectivity index (χ0) is 14.4. The molecule has 0 amide bonds. The lowest BCUT2D eigenvalue weighted by atomic mass is 10.2. The molecule has 0 saturated heterocycles. The number of hydrogen-bond acceptors (Lipinski definition) is 5. The van der Waals surface area contributed by atoms with Crippen molar-refractivity contribution in [1.82, 2.24) is 10.3 Å². The van der Waals surface area contributed by atoms with E-state index in [1.807, 2.05) is 37.6 Å². The molecule has 0 bridgehead atoms. The molecular weight excluding hydrogens is 272 g/mol. The summed E-state index contributed by atoms with van der Waals surface area (Å²) >= 11 is 1.64. The Morgan fingerprint density at radius 2 is 2.10 bits per heavy atom. The van der Waals surface area contributed by atoms with Crippen molar-refractivity contribution in [2.45, 2.75) is 11.4 Å². The van der Waals surface area contributed by atoms with Gasteiger partial charge >= 0.3 is 0 Å².